The summed E-state index contributed by atoms with van der Waals surface area (Å²) in [6, 6.07) is 9.27. The molecule has 4 aromatic heterocycles. The number of thioether (sulfide) groups is 2. The van der Waals surface area contributed by atoms with Crippen molar-refractivity contribution in [1.82, 2.24) is 39.4 Å². The fourth-order valence-electron chi connectivity index (χ4n) is 3.63. The number of aromatic nitrogens is 7. The predicted molar refractivity (Wildman–Crippen MR) is 135 cm³/mol. The highest BCUT2D eigenvalue weighted by Crippen LogP contribution is 2.20. The molecule has 11 nitrogen and oxygen atoms in total. The molecular formula is C23H24N8O3S2. The number of aryl methyl sites for hydroxylation is 1. The van der Waals surface area contributed by atoms with E-state index in [0.29, 0.717) is 41.7 Å². The Morgan fingerprint density at radius 3 is 2.89 bits per heavy atom. The maximum absolute atomic E-state index is 12.9. The summed E-state index contributed by atoms with van der Waals surface area (Å²) in [6.07, 6.45) is 5.05. The van der Waals surface area contributed by atoms with E-state index < -0.39 is 0 Å². The summed E-state index contributed by atoms with van der Waals surface area (Å²) in [5, 5.41) is 5.57. The van der Waals surface area contributed by atoms with Gasteiger partial charge in [0.15, 0.2) is 5.16 Å². The standard InChI is InChI=1S/C23H24N8O3S2/c1-15-11-20(31-21(26-15)28-23(29-31)35-2)34-13-16-12-30(9-10-33-16)19(32)14-36-22-25-8-6-18(27-22)17-5-3-4-7-24-17/h3-8,11,16H,9-10,12-14H2,1-2H3. The second-order valence-electron chi connectivity index (χ2n) is 7.92. The third-order valence-electron chi connectivity index (χ3n) is 5.36. The lowest BCUT2D eigenvalue weighted by Crippen LogP contribution is -2.48. The summed E-state index contributed by atoms with van der Waals surface area (Å²) in [7, 11) is 0. The minimum atomic E-state index is -0.261. The zero-order valence-corrected chi connectivity index (χ0v) is 21.4. The van der Waals surface area contributed by atoms with Gasteiger partial charge in [0.05, 0.1) is 30.3 Å². The van der Waals surface area contributed by atoms with Crippen molar-refractivity contribution >= 4 is 35.2 Å². The second-order valence-corrected chi connectivity index (χ2v) is 9.63. The summed E-state index contributed by atoms with van der Waals surface area (Å²) < 4.78 is 13.5. The molecule has 0 aromatic carbocycles. The van der Waals surface area contributed by atoms with Crippen LogP contribution in [0.15, 0.2) is 53.0 Å². The molecule has 0 aliphatic carbocycles. The highest BCUT2D eigenvalue weighted by atomic mass is 32.2. The van der Waals surface area contributed by atoms with Gasteiger partial charge in [0, 0.05) is 30.7 Å². The third-order valence-corrected chi connectivity index (χ3v) is 6.75. The number of hydrogen-bond donors (Lipinski definition) is 0. The van der Waals surface area contributed by atoms with Gasteiger partial charge in [-0.2, -0.15) is 9.50 Å². The summed E-state index contributed by atoms with van der Waals surface area (Å²) in [6.45, 7) is 3.57. The van der Waals surface area contributed by atoms with E-state index in [1.165, 1.54) is 23.5 Å². The molecule has 36 heavy (non-hydrogen) atoms. The Kier molecular flexibility index (Phi) is 7.58. The van der Waals surface area contributed by atoms with Gasteiger partial charge in [0.25, 0.3) is 5.78 Å². The van der Waals surface area contributed by atoms with E-state index in [9.17, 15) is 4.79 Å². The molecule has 5 rings (SSSR count). The van der Waals surface area contributed by atoms with Crippen molar-refractivity contribution in [3.8, 4) is 17.3 Å². The number of carbonyl (C=O) groups is 1. The van der Waals surface area contributed by atoms with E-state index in [1.54, 1.807) is 27.9 Å². The fraction of sp³-hybridized carbons (Fsp3) is 0.348. The Bertz CT molecular complexity index is 1350. The Morgan fingerprint density at radius 2 is 2.06 bits per heavy atom. The Hall–Kier alpha value is -3.29. The van der Waals surface area contributed by atoms with Gasteiger partial charge < -0.3 is 14.4 Å². The van der Waals surface area contributed by atoms with Crippen molar-refractivity contribution in [2.75, 3.05) is 38.3 Å². The first-order chi connectivity index (χ1) is 17.6. The van der Waals surface area contributed by atoms with Crippen LogP contribution in [-0.4, -0.2) is 89.8 Å². The topological polar surface area (TPSA) is 121 Å². The molecule has 5 heterocycles. The fourth-order valence-corrected chi connectivity index (χ4v) is 4.70. The predicted octanol–water partition coefficient (Wildman–Crippen LogP) is 2.41. The molecule has 0 N–H and O–H groups in total. The summed E-state index contributed by atoms with van der Waals surface area (Å²) >= 11 is 2.75. The molecule has 1 amide bonds. The molecule has 13 heteroatoms. The molecular weight excluding hydrogens is 500 g/mol. The van der Waals surface area contributed by atoms with Crippen molar-refractivity contribution in [2.24, 2.45) is 0 Å². The number of nitrogens with zero attached hydrogens (tertiary/aromatic N) is 8. The SMILES string of the molecule is CSc1nc2nc(C)cc(OCC3CN(C(=O)CSc4nccc(-c5ccccn5)n4)CCO3)n2n1. The average Bonchev–Trinajstić information content (AvgIpc) is 3.34. The number of carbonyl (C=O) groups excluding carboxylic acids is 1. The second kappa shape index (κ2) is 11.2. The van der Waals surface area contributed by atoms with Crippen LogP contribution in [-0.2, 0) is 9.53 Å². The van der Waals surface area contributed by atoms with E-state index >= 15 is 0 Å². The molecule has 0 bridgehead atoms. The molecule has 1 saturated heterocycles. The zero-order valence-electron chi connectivity index (χ0n) is 19.8. The Balaban J connectivity index is 1.17. The largest absolute Gasteiger partial charge is 0.475 e. The van der Waals surface area contributed by atoms with Gasteiger partial charge in [0.2, 0.25) is 16.9 Å². The lowest BCUT2D eigenvalue weighted by molar-refractivity contribution is -0.137. The van der Waals surface area contributed by atoms with E-state index in [-0.39, 0.29) is 24.4 Å². The van der Waals surface area contributed by atoms with E-state index in [4.69, 9.17) is 9.47 Å². The lowest BCUT2D eigenvalue weighted by atomic mass is 10.3. The molecule has 1 aliphatic rings. The van der Waals surface area contributed by atoms with Crippen LogP contribution >= 0.6 is 23.5 Å². The number of morpholine rings is 1. The maximum atomic E-state index is 12.9. The maximum Gasteiger partial charge on any atom is 0.256 e. The van der Waals surface area contributed by atoms with Crippen LogP contribution < -0.4 is 4.74 Å². The van der Waals surface area contributed by atoms with E-state index in [1.807, 2.05) is 37.4 Å². The van der Waals surface area contributed by atoms with Crippen LogP contribution in [0.5, 0.6) is 5.88 Å². The highest BCUT2D eigenvalue weighted by Gasteiger charge is 2.25. The number of rotatable bonds is 8. The number of ether oxygens (including phenoxy) is 2. The first kappa shape index (κ1) is 24.4. The van der Waals surface area contributed by atoms with Crippen molar-refractivity contribution in [3.63, 3.8) is 0 Å². The molecule has 1 atom stereocenters. The Morgan fingerprint density at radius 1 is 1.14 bits per heavy atom. The molecule has 1 unspecified atom stereocenters. The van der Waals surface area contributed by atoms with Crippen molar-refractivity contribution in [1.29, 1.82) is 0 Å². The highest BCUT2D eigenvalue weighted by molar-refractivity contribution is 7.99. The number of amides is 1. The van der Waals surface area contributed by atoms with E-state index in [2.05, 4.69) is 30.0 Å². The normalized spacial score (nSPS) is 15.8. The first-order valence-electron chi connectivity index (χ1n) is 11.3. The lowest BCUT2D eigenvalue weighted by Gasteiger charge is -2.32. The van der Waals surface area contributed by atoms with Gasteiger partial charge in [-0.1, -0.05) is 29.6 Å². The average molecular weight is 525 g/mol. The number of pyridine rings is 1. The zero-order chi connectivity index (χ0) is 24.9. The van der Waals surface area contributed by atoms with Gasteiger partial charge >= 0.3 is 0 Å². The number of hydrogen-bond acceptors (Lipinski definition) is 11. The van der Waals surface area contributed by atoms with Crippen LogP contribution in [0.2, 0.25) is 0 Å². The van der Waals surface area contributed by atoms with Crippen LogP contribution in [0.25, 0.3) is 17.2 Å². The van der Waals surface area contributed by atoms with Gasteiger partial charge in [-0.25, -0.2) is 15.0 Å². The van der Waals surface area contributed by atoms with Crippen LogP contribution in [0.3, 0.4) is 0 Å². The monoisotopic (exact) mass is 524 g/mol. The summed E-state index contributed by atoms with van der Waals surface area (Å²) in [5.74, 6) is 1.27. The minimum Gasteiger partial charge on any atom is -0.475 e. The first-order valence-corrected chi connectivity index (χ1v) is 13.5. The van der Waals surface area contributed by atoms with Crippen LogP contribution in [0.1, 0.15) is 5.69 Å². The molecule has 186 valence electrons. The summed E-state index contributed by atoms with van der Waals surface area (Å²) in [4.78, 5) is 36.6. The van der Waals surface area contributed by atoms with Gasteiger partial charge in [-0.3, -0.25) is 9.78 Å². The quantitative estimate of drug-likeness (QED) is 0.249. The van der Waals surface area contributed by atoms with Gasteiger partial charge in [-0.15, -0.1) is 5.10 Å². The van der Waals surface area contributed by atoms with Crippen molar-refractivity contribution < 1.29 is 14.3 Å². The van der Waals surface area contributed by atoms with Crippen LogP contribution in [0, 0.1) is 6.92 Å². The molecule has 1 fully saturated rings. The third kappa shape index (κ3) is 5.74. The number of fused-ring (bicyclic) bond motifs is 1. The van der Waals surface area contributed by atoms with E-state index in [0.717, 1.165) is 17.1 Å². The summed E-state index contributed by atoms with van der Waals surface area (Å²) in [5.41, 5.74) is 2.27. The molecule has 1 aliphatic heterocycles. The molecule has 0 saturated carbocycles. The molecule has 0 spiro atoms. The minimum absolute atomic E-state index is 0.00294. The molecule has 0 radical (unpaired) electrons. The Labute approximate surface area is 216 Å². The van der Waals surface area contributed by atoms with Gasteiger partial charge in [-0.05, 0) is 31.4 Å². The smallest absolute Gasteiger partial charge is 0.256 e. The molecule has 4 aromatic rings. The van der Waals surface area contributed by atoms with Crippen LogP contribution in [0.4, 0.5) is 0 Å². The van der Waals surface area contributed by atoms with Gasteiger partial charge in [0.1, 0.15) is 12.7 Å². The van der Waals surface area contributed by atoms with Crippen molar-refractivity contribution in [2.45, 2.75) is 23.3 Å². The van der Waals surface area contributed by atoms with Crippen molar-refractivity contribution in [3.05, 3.63) is 48.4 Å².